The van der Waals surface area contributed by atoms with Gasteiger partial charge >= 0.3 is 0 Å². The van der Waals surface area contributed by atoms with E-state index in [9.17, 15) is 14.0 Å². The van der Waals surface area contributed by atoms with E-state index in [0.29, 0.717) is 19.3 Å². The third-order valence-electron chi connectivity index (χ3n) is 4.01. The number of carbonyl (C=O) groups excluding carboxylic acids is 2. The maximum absolute atomic E-state index is 12.9. The molecule has 1 atom stereocenters. The summed E-state index contributed by atoms with van der Waals surface area (Å²) in [5, 5.41) is 5.72. The smallest absolute Gasteiger partial charge is 0.243 e. The molecule has 106 valence electrons. The van der Waals surface area contributed by atoms with Gasteiger partial charge in [-0.25, -0.2) is 4.39 Å². The predicted molar refractivity (Wildman–Crippen MR) is 71.4 cm³/mol. The Labute approximate surface area is 116 Å². The molecule has 2 fully saturated rings. The van der Waals surface area contributed by atoms with Crippen LogP contribution in [0.15, 0.2) is 24.3 Å². The second-order valence-corrected chi connectivity index (χ2v) is 5.73. The van der Waals surface area contributed by atoms with Gasteiger partial charge in [0.25, 0.3) is 0 Å². The molecule has 2 amide bonds. The molecule has 4 nitrogen and oxygen atoms in total. The Bertz CT molecular complexity index is 537. The van der Waals surface area contributed by atoms with Crippen LogP contribution in [-0.4, -0.2) is 23.4 Å². The maximum atomic E-state index is 12.9. The summed E-state index contributed by atoms with van der Waals surface area (Å²) in [6.45, 7) is 0. The number of nitrogens with one attached hydrogen (secondary N) is 2. The lowest BCUT2D eigenvalue weighted by Gasteiger charge is -2.20. The van der Waals surface area contributed by atoms with Crippen LogP contribution in [0.5, 0.6) is 0 Å². The van der Waals surface area contributed by atoms with Crippen LogP contribution in [0.1, 0.15) is 31.2 Å². The second-order valence-electron chi connectivity index (χ2n) is 5.73. The van der Waals surface area contributed by atoms with Gasteiger partial charge in [-0.15, -0.1) is 0 Å². The molecule has 2 N–H and O–H groups in total. The lowest BCUT2D eigenvalue weighted by atomic mass is 10.0. The number of amides is 2. The first-order valence-corrected chi connectivity index (χ1v) is 6.92. The molecule has 1 unspecified atom stereocenters. The number of carbonyl (C=O) groups is 2. The van der Waals surface area contributed by atoms with Crippen LogP contribution in [0, 0.1) is 5.82 Å². The highest BCUT2D eigenvalue weighted by Gasteiger charge is 2.45. The summed E-state index contributed by atoms with van der Waals surface area (Å²) in [6, 6.07) is 5.97. The van der Waals surface area contributed by atoms with Crippen molar-refractivity contribution >= 4 is 11.8 Å². The number of benzene rings is 1. The van der Waals surface area contributed by atoms with Gasteiger partial charge in [-0.2, -0.15) is 0 Å². The molecule has 1 saturated carbocycles. The zero-order valence-corrected chi connectivity index (χ0v) is 11.1. The molecule has 1 aromatic rings. The first kappa shape index (κ1) is 13.1. The molecular formula is C15H17FN2O2. The average molecular weight is 276 g/mol. The van der Waals surface area contributed by atoms with Crippen molar-refractivity contribution in [1.82, 2.24) is 10.6 Å². The summed E-state index contributed by atoms with van der Waals surface area (Å²) in [4.78, 5) is 23.2. The normalized spacial score (nSPS) is 23.2. The lowest BCUT2D eigenvalue weighted by molar-refractivity contribution is -0.126. The molecule has 20 heavy (non-hydrogen) atoms. The molecule has 1 saturated heterocycles. The summed E-state index contributed by atoms with van der Waals surface area (Å²) in [7, 11) is 0. The van der Waals surface area contributed by atoms with Crippen LogP contribution in [-0.2, 0) is 16.0 Å². The summed E-state index contributed by atoms with van der Waals surface area (Å²) < 4.78 is 12.9. The van der Waals surface area contributed by atoms with E-state index in [0.717, 1.165) is 18.4 Å². The molecule has 1 aromatic carbocycles. The minimum absolute atomic E-state index is 0.0615. The van der Waals surface area contributed by atoms with E-state index < -0.39 is 6.04 Å². The summed E-state index contributed by atoms with van der Waals surface area (Å²) in [5.74, 6) is -0.416. The van der Waals surface area contributed by atoms with Gasteiger partial charge in [-0.3, -0.25) is 9.59 Å². The molecule has 1 aliphatic carbocycles. The highest BCUT2D eigenvalue weighted by atomic mass is 19.1. The Morgan fingerprint density at radius 3 is 2.60 bits per heavy atom. The lowest BCUT2D eigenvalue weighted by Crippen LogP contribution is -2.47. The average Bonchev–Trinajstić information content (AvgIpc) is 3.01. The van der Waals surface area contributed by atoms with Gasteiger partial charge in [0, 0.05) is 12.0 Å². The highest BCUT2D eigenvalue weighted by Crippen LogP contribution is 2.38. The van der Waals surface area contributed by atoms with Crippen LogP contribution in [0.4, 0.5) is 4.39 Å². The topological polar surface area (TPSA) is 58.2 Å². The van der Waals surface area contributed by atoms with E-state index in [1.54, 1.807) is 12.1 Å². The molecule has 3 rings (SSSR count). The van der Waals surface area contributed by atoms with Crippen molar-refractivity contribution in [1.29, 1.82) is 0 Å². The van der Waals surface area contributed by atoms with E-state index in [1.807, 2.05) is 0 Å². The quantitative estimate of drug-likeness (QED) is 0.870. The molecule has 0 aromatic heterocycles. The van der Waals surface area contributed by atoms with E-state index >= 15 is 0 Å². The van der Waals surface area contributed by atoms with E-state index in [2.05, 4.69) is 10.6 Å². The molecule has 0 spiro atoms. The second kappa shape index (κ2) is 4.89. The fourth-order valence-corrected chi connectivity index (χ4v) is 2.65. The van der Waals surface area contributed by atoms with Gasteiger partial charge in [0.1, 0.15) is 11.9 Å². The third kappa shape index (κ3) is 2.81. The third-order valence-corrected chi connectivity index (χ3v) is 4.01. The fraction of sp³-hybridized carbons (Fsp3) is 0.467. The summed E-state index contributed by atoms with van der Waals surface area (Å²) >= 11 is 0. The molecule has 2 aliphatic rings. The first-order chi connectivity index (χ1) is 9.56. The molecule has 1 aliphatic heterocycles. The number of hydrogen-bond donors (Lipinski definition) is 2. The standard InChI is InChI=1S/C15H17FN2O2/c16-11-3-1-10(2-4-11)9-15(7-8-15)18-14(20)12-5-6-13(19)17-12/h1-4,12H,5-9H2,(H,17,19)(H,18,20). The molecule has 5 heteroatoms. The summed E-state index contributed by atoms with van der Waals surface area (Å²) in [6.07, 6.45) is 3.55. The minimum atomic E-state index is -0.395. The molecule has 0 radical (unpaired) electrons. The van der Waals surface area contributed by atoms with Crippen molar-refractivity contribution in [3.63, 3.8) is 0 Å². The highest BCUT2D eigenvalue weighted by molar-refractivity contribution is 5.91. The summed E-state index contributed by atoms with van der Waals surface area (Å²) in [5.41, 5.74) is 0.807. The van der Waals surface area contributed by atoms with Gasteiger partial charge in [-0.1, -0.05) is 12.1 Å². The van der Waals surface area contributed by atoms with Gasteiger partial charge < -0.3 is 10.6 Å². The monoisotopic (exact) mass is 276 g/mol. The Morgan fingerprint density at radius 1 is 1.35 bits per heavy atom. The number of rotatable bonds is 4. The number of halogens is 1. The fourth-order valence-electron chi connectivity index (χ4n) is 2.65. The van der Waals surface area contributed by atoms with Crippen molar-refractivity contribution in [2.24, 2.45) is 0 Å². The minimum Gasteiger partial charge on any atom is -0.349 e. The van der Waals surface area contributed by atoms with Crippen LogP contribution >= 0.6 is 0 Å². The van der Waals surface area contributed by atoms with Crippen LogP contribution in [0.2, 0.25) is 0 Å². The van der Waals surface area contributed by atoms with Crippen molar-refractivity contribution in [3.05, 3.63) is 35.6 Å². The Hall–Kier alpha value is -1.91. The Morgan fingerprint density at radius 2 is 2.05 bits per heavy atom. The van der Waals surface area contributed by atoms with Crippen molar-refractivity contribution < 1.29 is 14.0 Å². The van der Waals surface area contributed by atoms with Gasteiger partial charge in [0.2, 0.25) is 11.8 Å². The Balaban J connectivity index is 1.60. The van der Waals surface area contributed by atoms with E-state index in [4.69, 9.17) is 0 Å². The number of hydrogen-bond acceptors (Lipinski definition) is 2. The molecule has 1 heterocycles. The zero-order valence-electron chi connectivity index (χ0n) is 11.1. The Kier molecular flexibility index (Phi) is 3.20. The van der Waals surface area contributed by atoms with E-state index in [-0.39, 0.29) is 23.2 Å². The van der Waals surface area contributed by atoms with Gasteiger partial charge in [-0.05, 0) is 43.4 Å². The first-order valence-electron chi connectivity index (χ1n) is 6.92. The van der Waals surface area contributed by atoms with Crippen LogP contribution in [0.3, 0.4) is 0 Å². The molecular weight excluding hydrogens is 259 g/mol. The van der Waals surface area contributed by atoms with Gasteiger partial charge in [0.05, 0.1) is 0 Å². The van der Waals surface area contributed by atoms with Crippen molar-refractivity contribution in [2.75, 3.05) is 0 Å². The SMILES string of the molecule is O=C1CCC(C(=O)NC2(Cc3ccc(F)cc3)CC2)N1. The molecule has 0 bridgehead atoms. The van der Waals surface area contributed by atoms with Crippen LogP contribution < -0.4 is 10.6 Å². The van der Waals surface area contributed by atoms with Crippen LogP contribution in [0.25, 0.3) is 0 Å². The largest absolute Gasteiger partial charge is 0.349 e. The van der Waals surface area contributed by atoms with Crippen molar-refractivity contribution in [3.8, 4) is 0 Å². The van der Waals surface area contributed by atoms with Gasteiger partial charge in [0.15, 0.2) is 0 Å². The van der Waals surface area contributed by atoms with E-state index in [1.165, 1.54) is 12.1 Å². The zero-order chi connectivity index (χ0) is 14.2. The predicted octanol–water partition coefficient (Wildman–Crippen LogP) is 1.30. The maximum Gasteiger partial charge on any atom is 0.243 e. The van der Waals surface area contributed by atoms with Crippen molar-refractivity contribution in [2.45, 2.75) is 43.7 Å².